The number of benzene rings is 1. The summed E-state index contributed by atoms with van der Waals surface area (Å²) in [5.41, 5.74) is 4.04. The first-order valence-corrected chi connectivity index (χ1v) is 8.78. The third-order valence-electron chi connectivity index (χ3n) is 3.56. The van der Waals surface area contributed by atoms with Gasteiger partial charge in [-0.05, 0) is 39.3 Å². The van der Waals surface area contributed by atoms with E-state index in [1.54, 1.807) is 0 Å². The highest BCUT2D eigenvalue weighted by Crippen LogP contribution is 2.24. The Morgan fingerprint density at radius 2 is 1.90 bits per heavy atom. The van der Waals surface area contributed by atoms with E-state index in [9.17, 15) is 4.21 Å². The third-order valence-corrected chi connectivity index (χ3v) is 4.84. The van der Waals surface area contributed by atoms with E-state index in [1.165, 1.54) is 16.8 Å². The van der Waals surface area contributed by atoms with E-state index in [0.29, 0.717) is 0 Å². The van der Waals surface area contributed by atoms with Crippen molar-refractivity contribution in [2.24, 2.45) is 0 Å². The summed E-state index contributed by atoms with van der Waals surface area (Å²) in [4.78, 5) is 2.38. The first-order valence-electron chi connectivity index (χ1n) is 7.30. The van der Waals surface area contributed by atoms with E-state index < -0.39 is 10.8 Å². The molecule has 3 nitrogen and oxygen atoms in total. The van der Waals surface area contributed by atoms with Crippen molar-refractivity contribution in [2.45, 2.75) is 39.8 Å². The van der Waals surface area contributed by atoms with Crippen molar-refractivity contribution < 1.29 is 4.21 Å². The van der Waals surface area contributed by atoms with E-state index in [0.717, 1.165) is 31.1 Å². The Bertz CT molecular complexity index is 484. The molecule has 1 aliphatic rings. The van der Waals surface area contributed by atoms with Crippen molar-refractivity contribution in [1.29, 1.82) is 0 Å². The highest BCUT2D eigenvalue weighted by atomic mass is 32.2. The molecule has 20 heavy (non-hydrogen) atoms. The average molecular weight is 294 g/mol. The monoisotopic (exact) mass is 294 g/mol. The van der Waals surface area contributed by atoms with Gasteiger partial charge in [0.1, 0.15) is 0 Å². The molecule has 0 unspecified atom stereocenters. The van der Waals surface area contributed by atoms with Crippen LogP contribution in [0.5, 0.6) is 0 Å². The van der Waals surface area contributed by atoms with Crippen LogP contribution in [0.1, 0.15) is 31.9 Å². The minimum absolute atomic E-state index is 0.115. The molecule has 0 atom stereocenters. The second-order valence-electron chi connectivity index (χ2n) is 6.57. The predicted molar refractivity (Wildman–Crippen MR) is 87.9 cm³/mol. The van der Waals surface area contributed by atoms with Crippen molar-refractivity contribution in [3.8, 4) is 0 Å². The van der Waals surface area contributed by atoms with Gasteiger partial charge in [-0.2, -0.15) is 0 Å². The summed E-state index contributed by atoms with van der Waals surface area (Å²) in [6.45, 7) is 11.4. The van der Waals surface area contributed by atoms with Gasteiger partial charge in [0.05, 0.1) is 0 Å². The molecule has 0 saturated carbocycles. The van der Waals surface area contributed by atoms with Crippen LogP contribution >= 0.6 is 0 Å². The summed E-state index contributed by atoms with van der Waals surface area (Å²) >= 11 is 0. The molecule has 4 heteroatoms. The Balaban J connectivity index is 2.17. The van der Waals surface area contributed by atoms with E-state index in [4.69, 9.17) is 0 Å². The Labute approximate surface area is 125 Å². The summed E-state index contributed by atoms with van der Waals surface area (Å²) in [5, 5.41) is 3.57. The van der Waals surface area contributed by atoms with Gasteiger partial charge < -0.3 is 10.2 Å². The molecule has 1 aliphatic heterocycles. The summed E-state index contributed by atoms with van der Waals surface area (Å²) < 4.78 is 11.5. The smallest absolute Gasteiger partial charge is 0.0412 e. The molecule has 1 heterocycles. The molecule has 0 aliphatic carbocycles. The zero-order valence-electron chi connectivity index (χ0n) is 13.0. The third kappa shape index (κ3) is 4.32. The molecular formula is C16H26N2OS. The summed E-state index contributed by atoms with van der Waals surface area (Å²) in [7, 11) is -0.621. The number of rotatable bonds is 3. The van der Waals surface area contributed by atoms with Crippen LogP contribution in [-0.2, 0) is 17.3 Å². The molecule has 1 saturated heterocycles. The maximum Gasteiger partial charge on any atom is 0.0412 e. The predicted octanol–water partition coefficient (Wildman–Crippen LogP) is 2.45. The lowest BCUT2D eigenvalue weighted by atomic mass is 10.0. The summed E-state index contributed by atoms with van der Waals surface area (Å²) in [5.74, 6) is 1.58. The van der Waals surface area contributed by atoms with Crippen molar-refractivity contribution in [3.05, 3.63) is 29.3 Å². The van der Waals surface area contributed by atoms with E-state index in [-0.39, 0.29) is 5.54 Å². The molecule has 1 N–H and O–H groups in total. The maximum absolute atomic E-state index is 11.5. The van der Waals surface area contributed by atoms with Gasteiger partial charge >= 0.3 is 0 Å². The molecule has 0 bridgehead atoms. The summed E-state index contributed by atoms with van der Waals surface area (Å²) in [6, 6.07) is 6.64. The van der Waals surface area contributed by atoms with Crippen LogP contribution in [0.3, 0.4) is 0 Å². The molecule has 0 amide bonds. The van der Waals surface area contributed by atoms with Crippen LogP contribution in [0.4, 0.5) is 5.69 Å². The lowest BCUT2D eigenvalue weighted by Crippen LogP contribution is -2.39. The van der Waals surface area contributed by atoms with Gasteiger partial charge in [0.25, 0.3) is 0 Å². The minimum Gasteiger partial charge on any atom is -0.369 e. The number of nitrogens with zero attached hydrogens (tertiary/aromatic N) is 1. The van der Waals surface area contributed by atoms with E-state index in [2.05, 4.69) is 56.1 Å². The van der Waals surface area contributed by atoms with E-state index >= 15 is 0 Å². The first-order chi connectivity index (χ1) is 9.35. The van der Waals surface area contributed by atoms with Crippen molar-refractivity contribution >= 4 is 16.5 Å². The minimum atomic E-state index is -0.621. The number of hydrogen-bond acceptors (Lipinski definition) is 3. The van der Waals surface area contributed by atoms with Gasteiger partial charge in [-0.3, -0.25) is 4.21 Å². The largest absolute Gasteiger partial charge is 0.369 e. The molecule has 1 aromatic rings. The zero-order valence-corrected chi connectivity index (χ0v) is 13.8. The van der Waals surface area contributed by atoms with Crippen molar-refractivity contribution in [2.75, 3.05) is 29.5 Å². The second kappa shape index (κ2) is 6.27. The fourth-order valence-corrected chi connectivity index (χ4v) is 3.46. The van der Waals surface area contributed by atoms with Crippen LogP contribution in [0.15, 0.2) is 18.2 Å². The van der Waals surface area contributed by atoms with Gasteiger partial charge in [-0.15, -0.1) is 0 Å². The average Bonchev–Trinajstić information content (AvgIpc) is 2.37. The number of anilines is 1. The van der Waals surface area contributed by atoms with Crippen LogP contribution in [0.2, 0.25) is 0 Å². The molecule has 112 valence electrons. The van der Waals surface area contributed by atoms with E-state index in [1.807, 2.05) is 0 Å². The van der Waals surface area contributed by atoms with Crippen LogP contribution in [-0.4, -0.2) is 34.3 Å². The highest BCUT2D eigenvalue weighted by Gasteiger charge is 2.18. The fourth-order valence-electron chi connectivity index (χ4n) is 2.40. The lowest BCUT2D eigenvalue weighted by molar-refractivity contribution is 0.424. The molecule has 1 fully saturated rings. The topological polar surface area (TPSA) is 32.3 Å². The van der Waals surface area contributed by atoms with Gasteiger partial charge in [0.15, 0.2) is 0 Å². The number of nitrogens with one attached hydrogen (secondary N) is 1. The standard InChI is InChI=1S/C16H26N2OS/c1-13-5-6-15(18-7-9-20(19)10-8-18)14(11-13)12-17-16(2,3)4/h5-6,11,17H,7-10,12H2,1-4H3. The fraction of sp³-hybridized carbons (Fsp3) is 0.625. The Kier molecular flexibility index (Phi) is 4.86. The Morgan fingerprint density at radius 3 is 2.50 bits per heavy atom. The Hall–Kier alpha value is -0.870. The van der Waals surface area contributed by atoms with Crippen LogP contribution in [0, 0.1) is 6.92 Å². The lowest BCUT2D eigenvalue weighted by Gasteiger charge is -2.31. The normalized spacial score (nSPS) is 17.5. The van der Waals surface area contributed by atoms with Crippen molar-refractivity contribution in [3.63, 3.8) is 0 Å². The van der Waals surface area contributed by atoms with Crippen molar-refractivity contribution in [1.82, 2.24) is 5.32 Å². The molecule has 0 spiro atoms. The number of aryl methyl sites for hydroxylation is 1. The second-order valence-corrected chi connectivity index (χ2v) is 8.27. The molecule has 2 rings (SSSR count). The van der Waals surface area contributed by atoms with Gasteiger partial charge in [0.2, 0.25) is 0 Å². The molecular weight excluding hydrogens is 268 g/mol. The Morgan fingerprint density at radius 1 is 1.25 bits per heavy atom. The number of hydrogen-bond donors (Lipinski definition) is 1. The molecule has 0 radical (unpaired) electrons. The first kappa shape index (κ1) is 15.5. The SMILES string of the molecule is Cc1ccc(N2CCS(=O)CC2)c(CNC(C)(C)C)c1. The van der Waals surface area contributed by atoms with Crippen LogP contribution in [0.25, 0.3) is 0 Å². The quantitative estimate of drug-likeness (QED) is 0.929. The summed E-state index contributed by atoms with van der Waals surface area (Å²) in [6.07, 6.45) is 0. The van der Waals surface area contributed by atoms with Gasteiger partial charge in [-0.25, -0.2) is 0 Å². The zero-order chi connectivity index (χ0) is 14.8. The molecule has 1 aromatic carbocycles. The highest BCUT2D eigenvalue weighted by molar-refractivity contribution is 7.85. The van der Waals surface area contributed by atoms with Crippen LogP contribution < -0.4 is 10.2 Å². The van der Waals surface area contributed by atoms with Gasteiger partial charge in [-0.1, -0.05) is 17.7 Å². The maximum atomic E-state index is 11.5. The molecule has 0 aromatic heterocycles. The van der Waals surface area contributed by atoms with Gasteiger partial charge in [0, 0.05) is 53.2 Å².